The summed E-state index contributed by atoms with van der Waals surface area (Å²) in [7, 11) is 0. The van der Waals surface area contributed by atoms with Gasteiger partial charge in [-0.05, 0) is 0 Å². The Bertz CT molecular complexity index is 32.6. The Kier molecular flexibility index (Phi) is 6.90. The first-order chi connectivity index (χ1) is 1.73. The van der Waals surface area contributed by atoms with E-state index in [1.807, 2.05) is 0 Å². The van der Waals surface area contributed by atoms with Crippen molar-refractivity contribution in [2.24, 2.45) is 5.73 Å². The Hall–Kier alpha value is -0.107. The third-order valence-corrected chi connectivity index (χ3v) is 0. The molecule has 0 aromatic carbocycles. The van der Waals surface area contributed by atoms with Crippen LogP contribution in [0.15, 0.2) is 0 Å². The van der Waals surface area contributed by atoms with Gasteiger partial charge in [-0.15, -0.1) is 0 Å². The van der Waals surface area contributed by atoms with Crippen molar-refractivity contribution in [1.29, 1.82) is 0 Å². The van der Waals surface area contributed by atoms with Gasteiger partial charge >= 0.3 is 25.6 Å². The molecule has 0 aliphatic heterocycles. The topological polar surface area (TPSA) is 63.3 Å². The fourth-order valence-corrected chi connectivity index (χ4v) is 0. The van der Waals surface area contributed by atoms with Crippen LogP contribution in [0.5, 0.6) is 0 Å². The molecule has 4 heteroatoms. The van der Waals surface area contributed by atoms with Gasteiger partial charge in [0.25, 0.3) is 0 Å². The average molecular weight is 126 g/mol. The summed E-state index contributed by atoms with van der Waals surface area (Å²) < 4.78 is 0. The van der Waals surface area contributed by atoms with E-state index in [4.69, 9.17) is 9.90 Å². The van der Waals surface area contributed by atoms with Crippen molar-refractivity contribution in [1.82, 2.24) is 0 Å². The maximum Gasteiger partial charge on any atom is 2.00 e. The van der Waals surface area contributed by atoms with Crippen molar-refractivity contribution in [3.8, 4) is 0 Å². The van der Waals surface area contributed by atoms with Gasteiger partial charge in [0.05, 0.1) is 0 Å². The monoisotopic (exact) mass is 125 g/mol. The van der Waals surface area contributed by atoms with Gasteiger partial charge in [0.1, 0.15) is 0 Å². The molecule has 0 unspecified atom stereocenters. The molecule has 0 aromatic heterocycles. The van der Waals surface area contributed by atoms with E-state index >= 15 is 0 Å². The molecule has 0 aromatic rings. The van der Waals surface area contributed by atoms with Crippen LogP contribution < -0.4 is 5.73 Å². The Labute approximate surface area is 41.9 Å². The van der Waals surface area contributed by atoms with Crippen LogP contribution in [-0.4, -0.2) is 11.2 Å². The Morgan fingerprint density at radius 3 is 1.80 bits per heavy atom. The average Bonchev–Trinajstić information content (AvgIpc) is 0.811. The summed E-state index contributed by atoms with van der Waals surface area (Å²) in [5.74, 6) is 0. The van der Waals surface area contributed by atoms with Crippen LogP contribution in [0, 0.1) is 0 Å². The maximum absolute atomic E-state index is 8.78. The van der Waals surface area contributed by atoms with E-state index in [1.165, 1.54) is 0 Å². The molecular weight excluding hydrogens is 123 g/mol. The Morgan fingerprint density at radius 1 is 1.80 bits per heavy atom. The Balaban J connectivity index is 0. The van der Waals surface area contributed by atoms with Crippen LogP contribution >= 0.6 is 0 Å². The van der Waals surface area contributed by atoms with Gasteiger partial charge in [-0.25, -0.2) is 4.79 Å². The van der Waals surface area contributed by atoms with E-state index < -0.39 is 6.09 Å². The van der Waals surface area contributed by atoms with E-state index in [2.05, 4.69) is 5.73 Å². The number of rotatable bonds is 0. The second kappa shape index (κ2) is 3.89. The molecule has 24 valence electrons. The first-order valence-electron chi connectivity index (χ1n) is 0.716. The van der Waals surface area contributed by atoms with Crippen LogP contribution in [0.3, 0.4) is 0 Å². The number of primary amides is 1. The normalized spacial score (nSPS) is 4.80. The third kappa shape index (κ3) is 1230. The molecule has 0 saturated heterocycles. The number of carboxylic acid groups (broad SMARTS) is 1. The minimum Gasteiger partial charge on any atom is -0.465 e. The van der Waals surface area contributed by atoms with Gasteiger partial charge in [0.2, 0.25) is 0 Å². The van der Waals surface area contributed by atoms with Crippen LogP contribution in [0.4, 0.5) is 4.79 Å². The molecule has 0 atom stereocenters. The number of carbonyl (C=O) groups is 1. The molecule has 0 aliphatic carbocycles. The summed E-state index contributed by atoms with van der Waals surface area (Å²) in [5.41, 5.74) is 4.03. The van der Waals surface area contributed by atoms with E-state index in [0.29, 0.717) is 0 Å². The zero-order valence-electron chi connectivity index (χ0n) is 2.64. The molecule has 0 saturated carbocycles. The van der Waals surface area contributed by atoms with Gasteiger partial charge < -0.3 is 10.8 Å². The molecule has 0 fully saturated rings. The van der Waals surface area contributed by atoms with Crippen molar-refractivity contribution in [3.05, 3.63) is 0 Å². The third-order valence-electron chi connectivity index (χ3n) is 0. The van der Waals surface area contributed by atoms with Crippen molar-refractivity contribution in [2.75, 3.05) is 0 Å². The van der Waals surface area contributed by atoms with E-state index in [9.17, 15) is 0 Å². The van der Waals surface area contributed by atoms with Crippen LogP contribution in [0.25, 0.3) is 0 Å². The summed E-state index contributed by atoms with van der Waals surface area (Å²) in [6.07, 6.45) is -1.33. The van der Waals surface area contributed by atoms with Gasteiger partial charge in [-0.1, -0.05) is 0 Å². The van der Waals surface area contributed by atoms with Crippen molar-refractivity contribution < 1.29 is 29.4 Å². The van der Waals surface area contributed by atoms with Gasteiger partial charge in [0, 0.05) is 0 Å². The zero-order chi connectivity index (χ0) is 3.58. The minimum atomic E-state index is -1.33. The molecule has 0 radical (unpaired) electrons. The van der Waals surface area contributed by atoms with Crippen molar-refractivity contribution >= 4 is 6.09 Å². The molecule has 5 heavy (non-hydrogen) atoms. The largest absolute Gasteiger partial charge is 2.00 e. The predicted molar refractivity (Wildman–Crippen MR) is 12.2 cm³/mol. The zero-order valence-corrected chi connectivity index (χ0v) is 5.61. The van der Waals surface area contributed by atoms with Gasteiger partial charge in [-0.3, -0.25) is 0 Å². The minimum absolute atomic E-state index is 0. The second-order valence-electron chi connectivity index (χ2n) is 0.338. The second-order valence-corrected chi connectivity index (χ2v) is 0.338. The number of hydrogen-bond donors (Lipinski definition) is 2. The molecule has 3 nitrogen and oxygen atoms in total. The molecular formula is CH3NO2Zn+2. The SMILES string of the molecule is NC(=O)O.[Zn+2]. The smallest absolute Gasteiger partial charge is 0.465 e. The molecule has 0 spiro atoms. The molecule has 0 rings (SSSR count). The summed E-state index contributed by atoms with van der Waals surface area (Å²) in [5, 5.41) is 7.19. The van der Waals surface area contributed by atoms with Gasteiger partial charge in [0.15, 0.2) is 0 Å². The standard InChI is InChI=1S/CH3NO2.Zn/c2-1(3)4;/h2H2,(H,3,4);/q;+2. The molecule has 0 heterocycles. The summed E-state index contributed by atoms with van der Waals surface area (Å²) in [6.45, 7) is 0. The first-order valence-corrected chi connectivity index (χ1v) is 0.716. The first kappa shape index (κ1) is 8.86. The maximum atomic E-state index is 8.78. The summed E-state index contributed by atoms with van der Waals surface area (Å²) >= 11 is 0. The fourth-order valence-electron chi connectivity index (χ4n) is 0. The van der Waals surface area contributed by atoms with Crippen molar-refractivity contribution in [2.45, 2.75) is 0 Å². The van der Waals surface area contributed by atoms with E-state index in [1.54, 1.807) is 0 Å². The summed E-state index contributed by atoms with van der Waals surface area (Å²) in [6, 6.07) is 0. The van der Waals surface area contributed by atoms with E-state index in [-0.39, 0.29) is 19.5 Å². The molecule has 0 bridgehead atoms. The van der Waals surface area contributed by atoms with Crippen LogP contribution in [0.1, 0.15) is 0 Å². The Morgan fingerprint density at radius 2 is 1.80 bits per heavy atom. The van der Waals surface area contributed by atoms with Crippen LogP contribution in [0.2, 0.25) is 0 Å². The van der Waals surface area contributed by atoms with Gasteiger partial charge in [-0.2, -0.15) is 0 Å². The quantitative estimate of drug-likeness (QED) is 0.435. The van der Waals surface area contributed by atoms with Crippen LogP contribution in [-0.2, 0) is 19.5 Å². The predicted octanol–water partition coefficient (Wildman–Crippen LogP) is -0.379. The van der Waals surface area contributed by atoms with Crippen molar-refractivity contribution in [3.63, 3.8) is 0 Å². The molecule has 0 aliphatic rings. The number of nitrogens with two attached hydrogens (primary N) is 1. The summed E-state index contributed by atoms with van der Waals surface area (Å²) in [4.78, 5) is 8.78. The molecule has 3 N–H and O–H groups in total. The van der Waals surface area contributed by atoms with E-state index in [0.717, 1.165) is 0 Å². The molecule has 1 amide bonds. The number of amides is 1. The fraction of sp³-hybridized carbons (Fsp3) is 0. The number of hydrogen-bond acceptors (Lipinski definition) is 1.